The molecule has 1 N–H and O–H groups in total. The summed E-state index contributed by atoms with van der Waals surface area (Å²) in [5.41, 5.74) is 6.40. The number of hydrogen-bond acceptors (Lipinski definition) is 3. The monoisotopic (exact) mass is 392 g/mol. The maximum atomic E-state index is 13.0. The smallest absolute Gasteiger partial charge is 0.276 e. The molecule has 0 saturated carbocycles. The van der Waals surface area contributed by atoms with Gasteiger partial charge in [0.1, 0.15) is 0 Å². The van der Waals surface area contributed by atoms with Crippen molar-refractivity contribution in [1.82, 2.24) is 14.8 Å². The quantitative estimate of drug-likeness (QED) is 0.531. The SMILES string of the molecule is O=C(Nc1cccnc1)c1nn(-c2ccccc2)c2c1CC/C2=C\c1ccccc1. The van der Waals surface area contributed by atoms with Crippen molar-refractivity contribution in [3.8, 4) is 5.69 Å². The first-order valence-electron chi connectivity index (χ1n) is 9.94. The van der Waals surface area contributed by atoms with E-state index in [-0.39, 0.29) is 5.91 Å². The van der Waals surface area contributed by atoms with Crippen molar-refractivity contribution < 1.29 is 4.79 Å². The summed E-state index contributed by atoms with van der Waals surface area (Å²) in [5.74, 6) is -0.213. The van der Waals surface area contributed by atoms with Crippen LogP contribution in [0.25, 0.3) is 17.3 Å². The number of para-hydroxylation sites is 1. The van der Waals surface area contributed by atoms with Gasteiger partial charge in [0.15, 0.2) is 5.69 Å². The Labute approximate surface area is 174 Å². The van der Waals surface area contributed by atoms with Gasteiger partial charge < -0.3 is 5.32 Å². The van der Waals surface area contributed by atoms with Gasteiger partial charge in [-0.3, -0.25) is 9.78 Å². The molecule has 0 spiro atoms. The number of anilines is 1. The van der Waals surface area contributed by atoms with Gasteiger partial charge in [0, 0.05) is 11.8 Å². The maximum absolute atomic E-state index is 13.0. The van der Waals surface area contributed by atoms with E-state index in [9.17, 15) is 4.79 Å². The summed E-state index contributed by atoms with van der Waals surface area (Å²) in [5, 5.41) is 7.65. The van der Waals surface area contributed by atoms with E-state index in [2.05, 4.69) is 28.5 Å². The van der Waals surface area contributed by atoms with Gasteiger partial charge in [-0.1, -0.05) is 48.5 Å². The van der Waals surface area contributed by atoms with Crippen LogP contribution >= 0.6 is 0 Å². The predicted octanol–water partition coefficient (Wildman–Crippen LogP) is 5.01. The van der Waals surface area contributed by atoms with Crippen LogP contribution in [0.4, 0.5) is 5.69 Å². The molecule has 1 amide bonds. The second-order valence-corrected chi connectivity index (χ2v) is 7.20. The summed E-state index contributed by atoms with van der Waals surface area (Å²) in [6, 6.07) is 23.8. The third-order valence-corrected chi connectivity index (χ3v) is 5.21. The van der Waals surface area contributed by atoms with Gasteiger partial charge in [0.25, 0.3) is 5.91 Å². The molecule has 0 bridgehead atoms. The Hall–Kier alpha value is -3.99. The lowest BCUT2D eigenvalue weighted by atomic mass is 10.1. The Kier molecular flexibility index (Phi) is 4.69. The third kappa shape index (κ3) is 3.42. The van der Waals surface area contributed by atoms with Crippen LogP contribution in [0.2, 0.25) is 0 Å². The van der Waals surface area contributed by atoms with Crippen LogP contribution < -0.4 is 5.32 Å². The number of aromatic nitrogens is 3. The van der Waals surface area contributed by atoms with Crippen LogP contribution in [-0.2, 0) is 6.42 Å². The van der Waals surface area contributed by atoms with Gasteiger partial charge in [-0.25, -0.2) is 4.68 Å². The molecule has 2 heterocycles. The lowest BCUT2D eigenvalue weighted by molar-refractivity contribution is 0.102. The molecule has 30 heavy (non-hydrogen) atoms. The number of nitrogens with one attached hydrogen (secondary N) is 1. The minimum absolute atomic E-state index is 0.213. The molecule has 5 nitrogen and oxygen atoms in total. The molecule has 146 valence electrons. The summed E-state index contributed by atoms with van der Waals surface area (Å²) in [6.45, 7) is 0. The molecule has 5 rings (SSSR count). The molecule has 0 unspecified atom stereocenters. The predicted molar refractivity (Wildman–Crippen MR) is 118 cm³/mol. The van der Waals surface area contributed by atoms with E-state index in [1.165, 1.54) is 5.57 Å². The van der Waals surface area contributed by atoms with Crippen molar-refractivity contribution in [2.75, 3.05) is 5.32 Å². The highest BCUT2D eigenvalue weighted by atomic mass is 16.2. The van der Waals surface area contributed by atoms with Gasteiger partial charge in [-0.15, -0.1) is 0 Å². The fourth-order valence-corrected chi connectivity index (χ4v) is 3.85. The largest absolute Gasteiger partial charge is 0.319 e. The number of pyridine rings is 1. The lowest BCUT2D eigenvalue weighted by Gasteiger charge is -2.08. The van der Waals surface area contributed by atoms with E-state index in [1.54, 1.807) is 18.5 Å². The number of allylic oxidation sites excluding steroid dienone is 1. The standard InChI is InChI=1S/C25H20N4O/c30-25(27-20-10-7-15-26-17-20)23-22-14-13-19(16-18-8-3-1-4-9-18)24(22)29(28-23)21-11-5-2-6-12-21/h1-12,15-17H,13-14H2,(H,27,30)/b19-16+. The van der Waals surface area contributed by atoms with E-state index >= 15 is 0 Å². The zero-order valence-electron chi connectivity index (χ0n) is 16.3. The summed E-state index contributed by atoms with van der Waals surface area (Å²) in [6.07, 6.45) is 7.17. The molecular formula is C25H20N4O. The van der Waals surface area contributed by atoms with Crippen LogP contribution in [0, 0.1) is 0 Å². The number of nitrogens with zero attached hydrogens (tertiary/aromatic N) is 3. The van der Waals surface area contributed by atoms with Gasteiger partial charge in [-0.2, -0.15) is 5.10 Å². The lowest BCUT2D eigenvalue weighted by Crippen LogP contribution is -2.15. The van der Waals surface area contributed by atoms with Crippen LogP contribution in [-0.4, -0.2) is 20.7 Å². The minimum Gasteiger partial charge on any atom is -0.319 e. The number of amides is 1. The van der Waals surface area contributed by atoms with E-state index < -0.39 is 0 Å². The van der Waals surface area contributed by atoms with Gasteiger partial charge >= 0.3 is 0 Å². The van der Waals surface area contributed by atoms with Gasteiger partial charge in [-0.05, 0) is 54.3 Å². The van der Waals surface area contributed by atoms with Gasteiger partial charge in [0.2, 0.25) is 0 Å². The number of benzene rings is 2. The van der Waals surface area contributed by atoms with Crippen LogP contribution in [0.3, 0.4) is 0 Å². The Morgan fingerprint density at radius 1 is 0.933 bits per heavy atom. The van der Waals surface area contributed by atoms with Crippen molar-refractivity contribution in [2.24, 2.45) is 0 Å². The van der Waals surface area contributed by atoms with Crippen molar-refractivity contribution in [3.05, 3.63) is 108 Å². The molecule has 0 radical (unpaired) electrons. The average Bonchev–Trinajstić information content (AvgIpc) is 3.37. The zero-order valence-corrected chi connectivity index (χ0v) is 16.3. The molecule has 4 aromatic rings. The Bertz CT molecular complexity index is 1210. The fourth-order valence-electron chi connectivity index (χ4n) is 3.85. The number of fused-ring (bicyclic) bond motifs is 1. The Balaban J connectivity index is 1.60. The molecule has 1 aliphatic rings. The maximum Gasteiger partial charge on any atom is 0.276 e. The summed E-state index contributed by atoms with van der Waals surface area (Å²) < 4.78 is 1.90. The van der Waals surface area contributed by atoms with Crippen LogP contribution in [0.15, 0.2) is 85.2 Å². The topological polar surface area (TPSA) is 59.8 Å². The average molecular weight is 392 g/mol. The number of rotatable bonds is 4. The molecule has 0 saturated heterocycles. The van der Waals surface area contributed by atoms with E-state index in [1.807, 2.05) is 59.3 Å². The van der Waals surface area contributed by atoms with E-state index in [4.69, 9.17) is 5.10 Å². The Morgan fingerprint density at radius 2 is 1.70 bits per heavy atom. The summed E-state index contributed by atoms with van der Waals surface area (Å²) in [7, 11) is 0. The highest BCUT2D eigenvalue weighted by Gasteiger charge is 2.30. The summed E-state index contributed by atoms with van der Waals surface area (Å²) in [4.78, 5) is 17.1. The zero-order chi connectivity index (χ0) is 20.3. The molecule has 2 aromatic heterocycles. The highest BCUT2D eigenvalue weighted by molar-refractivity contribution is 6.05. The normalized spacial score (nSPS) is 13.9. The molecule has 1 aliphatic carbocycles. The minimum atomic E-state index is -0.213. The van der Waals surface area contributed by atoms with Crippen LogP contribution in [0.1, 0.15) is 33.7 Å². The third-order valence-electron chi connectivity index (χ3n) is 5.21. The van der Waals surface area contributed by atoms with Crippen molar-refractivity contribution in [3.63, 3.8) is 0 Å². The molecule has 0 atom stereocenters. The first-order chi connectivity index (χ1) is 14.8. The van der Waals surface area contributed by atoms with Gasteiger partial charge in [0.05, 0.1) is 23.3 Å². The van der Waals surface area contributed by atoms with E-state index in [0.29, 0.717) is 11.4 Å². The van der Waals surface area contributed by atoms with E-state index in [0.717, 1.165) is 35.3 Å². The molecule has 2 aromatic carbocycles. The molecule has 0 aliphatic heterocycles. The Morgan fingerprint density at radius 3 is 2.43 bits per heavy atom. The first kappa shape index (κ1) is 18.1. The fraction of sp³-hybridized carbons (Fsp3) is 0.0800. The second-order valence-electron chi connectivity index (χ2n) is 7.20. The number of carbonyl (C=O) groups is 1. The molecule has 0 fully saturated rings. The van der Waals surface area contributed by atoms with Crippen molar-refractivity contribution in [2.45, 2.75) is 12.8 Å². The first-order valence-corrected chi connectivity index (χ1v) is 9.94. The van der Waals surface area contributed by atoms with Crippen LogP contribution in [0.5, 0.6) is 0 Å². The number of hydrogen-bond donors (Lipinski definition) is 1. The molecule has 5 heteroatoms. The highest BCUT2D eigenvalue weighted by Crippen LogP contribution is 2.37. The number of carbonyl (C=O) groups excluding carboxylic acids is 1. The molecular weight excluding hydrogens is 372 g/mol. The van der Waals surface area contributed by atoms with Crippen molar-refractivity contribution >= 4 is 23.2 Å². The second kappa shape index (κ2) is 7.79. The summed E-state index contributed by atoms with van der Waals surface area (Å²) >= 11 is 0. The van der Waals surface area contributed by atoms with Crippen molar-refractivity contribution in [1.29, 1.82) is 0 Å².